The number of ether oxygens (including phenoxy) is 3. The van der Waals surface area contributed by atoms with Crippen LogP contribution in [0.1, 0.15) is 58.6 Å². The maximum Gasteiger partial charge on any atom is 0.420 e. The normalized spacial score (nSPS) is 21.2. The number of piperidine rings is 1. The number of halogens is 2. The maximum absolute atomic E-state index is 14.8. The van der Waals surface area contributed by atoms with Crippen molar-refractivity contribution < 1.29 is 51.5 Å². The molecule has 240 valence electrons. The first-order valence-electron chi connectivity index (χ1n) is 15.0. The molecule has 3 aliphatic rings. The fourth-order valence-corrected chi connectivity index (χ4v) is 6.74. The van der Waals surface area contributed by atoms with Gasteiger partial charge in [0.2, 0.25) is 5.41 Å². The van der Waals surface area contributed by atoms with Crippen LogP contribution in [-0.4, -0.2) is 72.1 Å². The van der Waals surface area contributed by atoms with E-state index in [2.05, 4.69) is 10.1 Å². The molecule has 1 aliphatic carbocycles. The van der Waals surface area contributed by atoms with Crippen molar-refractivity contribution >= 4 is 29.5 Å². The first kappa shape index (κ1) is 31.2. The number of unbranched alkanes of at least 4 members (excludes halogenated alkanes) is 1. The molecule has 0 N–H and O–H groups in total. The zero-order valence-corrected chi connectivity index (χ0v) is 24.9. The van der Waals surface area contributed by atoms with Crippen LogP contribution in [0, 0.1) is 23.0 Å². The van der Waals surface area contributed by atoms with Crippen molar-refractivity contribution in [2.75, 3.05) is 26.7 Å². The summed E-state index contributed by atoms with van der Waals surface area (Å²) in [5.74, 6) is -8.59. The Labute approximate surface area is 261 Å². The number of carbonyl (C=O) groups is 5. The monoisotopic (exact) mass is 636 g/mol. The van der Waals surface area contributed by atoms with E-state index in [1.54, 1.807) is 6.07 Å². The quantitative estimate of drug-likeness (QED) is 0.110. The van der Waals surface area contributed by atoms with Crippen LogP contribution in [0.15, 0.2) is 53.1 Å². The van der Waals surface area contributed by atoms with Gasteiger partial charge in [-0.25, -0.2) is 18.4 Å². The van der Waals surface area contributed by atoms with Gasteiger partial charge in [-0.3, -0.25) is 14.4 Å². The van der Waals surface area contributed by atoms with Gasteiger partial charge in [-0.05, 0) is 81.7 Å². The predicted molar refractivity (Wildman–Crippen MR) is 153 cm³/mol. The van der Waals surface area contributed by atoms with E-state index in [1.807, 2.05) is 0 Å². The molecule has 3 aromatic rings. The summed E-state index contributed by atoms with van der Waals surface area (Å²) in [6.07, 6.45) is 1.20. The second-order valence-electron chi connectivity index (χ2n) is 11.7. The van der Waals surface area contributed by atoms with Gasteiger partial charge in [-0.15, -0.1) is 0 Å². The van der Waals surface area contributed by atoms with Crippen LogP contribution >= 0.6 is 0 Å². The second-order valence-corrected chi connectivity index (χ2v) is 11.7. The highest BCUT2D eigenvalue weighted by molar-refractivity contribution is 6.32. The average molecular weight is 637 g/mol. The molecular formula is C33H30F2N2O9. The molecule has 6 rings (SSSR count). The van der Waals surface area contributed by atoms with Gasteiger partial charge in [-0.2, -0.15) is 0 Å². The molecule has 1 spiro atoms. The van der Waals surface area contributed by atoms with E-state index in [1.165, 1.54) is 42.5 Å². The minimum atomic E-state index is -2.39. The van der Waals surface area contributed by atoms with E-state index < -0.39 is 52.9 Å². The number of benzene rings is 2. The number of methoxy groups -OCH3 is 1. The summed E-state index contributed by atoms with van der Waals surface area (Å²) in [7, 11) is 1.06. The van der Waals surface area contributed by atoms with Crippen LogP contribution < -0.4 is 0 Å². The Bertz CT molecular complexity index is 1700. The summed E-state index contributed by atoms with van der Waals surface area (Å²) in [6.45, 7) is 1.83. The molecule has 2 fully saturated rings. The highest BCUT2D eigenvalue weighted by atomic mass is 19.1. The number of likely N-dealkylation sites (tertiary alicyclic amines) is 1. The first-order chi connectivity index (χ1) is 22.1. The van der Waals surface area contributed by atoms with Crippen LogP contribution in [-0.2, 0) is 35.0 Å². The van der Waals surface area contributed by atoms with E-state index in [4.69, 9.17) is 18.7 Å². The molecule has 3 heterocycles. The van der Waals surface area contributed by atoms with Crippen LogP contribution in [0.25, 0.3) is 11.3 Å². The number of hydrogen-bond acceptors (Lipinski definition) is 11. The van der Waals surface area contributed by atoms with Crippen LogP contribution in [0.2, 0.25) is 0 Å². The van der Waals surface area contributed by atoms with Crippen molar-refractivity contribution in [2.45, 2.75) is 44.3 Å². The van der Waals surface area contributed by atoms with Gasteiger partial charge in [0.1, 0.15) is 17.3 Å². The molecule has 0 radical (unpaired) electrons. The number of carbonyl (C=O) groups excluding carboxylic acids is 5. The Morgan fingerprint density at radius 3 is 2.30 bits per heavy atom. The zero-order chi connectivity index (χ0) is 32.6. The van der Waals surface area contributed by atoms with Gasteiger partial charge in [0.05, 0.1) is 19.1 Å². The number of fused-ring (bicyclic) bond motifs is 1. The molecule has 0 saturated carbocycles. The molecule has 46 heavy (non-hydrogen) atoms. The number of esters is 3. The first-order valence-corrected chi connectivity index (χ1v) is 15.0. The van der Waals surface area contributed by atoms with E-state index in [0.717, 1.165) is 7.11 Å². The molecular weight excluding hydrogens is 606 g/mol. The number of hydrogen-bond donors (Lipinski definition) is 0. The van der Waals surface area contributed by atoms with Crippen LogP contribution in [0.3, 0.4) is 0 Å². The molecule has 0 bridgehead atoms. The number of aromatic nitrogens is 1. The lowest BCUT2D eigenvalue weighted by atomic mass is 9.64. The van der Waals surface area contributed by atoms with Gasteiger partial charge in [0.15, 0.2) is 17.3 Å². The van der Waals surface area contributed by atoms with Crippen LogP contribution in [0.4, 0.5) is 8.78 Å². The SMILES string of the molecule is COC(=O)C1(CCCCN2CCC(C(=O)c3ccc(F)cc3)CC2)C(=O)c2c(-c3ccccc3F)noc2CC12OC(=O)C(=O)O2. The highest BCUT2D eigenvalue weighted by Gasteiger charge is 2.74. The molecule has 1 atom stereocenters. The lowest BCUT2D eigenvalue weighted by Gasteiger charge is -2.43. The van der Waals surface area contributed by atoms with Crippen molar-refractivity contribution in [3.8, 4) is 11.3 Å². The lowest BCUT2D eigenvalue weighted by Crippen LogP contribution is -2.63. The van der Waals surface area contributed by atoms with Gasteiger partial charge in [0, 0.05) is 17.0 Å². The minimum Gasteiger partial charge on any atom is -0.468 e. The third-order valence-electron chi connectivity index (χ3n) is 9.13. The van der Waals surface area contributed by atoms with Gasteiger partial charge in [0.25, 0.3) is 5.79 Å². The van der Waals surface area contributed by atoms with Crippen molar-refractivity contribution in [3.63, 3.8) is 0 Å². The molecule has 2 aromatic carbocycles. The molecule has 0 amide bonds. The van der Waals surface area contributed by atoms with Crippen LogP contribution in [0.5, 0.6) is 0 Å². The van der Waals surface area contributed by atoms with E-state index in [9.17, 15) is 32.8 Å². The Hall–Kier alpha value is -4.78. The van der Waals surface area contributed by atoms with Crippen molar-refractivity contribution in [1.29, 1.82) is 0 Å². The van der Waals surface area contributed by atoms with E-state index in [-0.39, 0.29) is 47.1 Å². The molecule has 13 heteroatoms. The third kappa shape index (κ3) is 5.17. The Balaban J connectivity index is 1.21. The fourth-order valence-electron chi connectivity index (χ4n) is 6.74. The number of Topliss-reactive ketones (excluding diaryl/α,β-unsaturated/α-hetero) is 2. The average Bonchev–Trinajstić information content (AvgIpc) is 3.60. The fraction of sp³-hybridized carbons (Fsp3) is 0.394. The predicted octanol–water partition coefficient (Wildman–Crippen LogP) is 4.08. The summed E-state index contributed by atoms with van der Waals surface area (Å²) in [5, 5.41) is 3.91. The number of ketones is 2. The largest absolute Gasteiger partial charge is 0.468 e. The van der Waals surface area contributed by atoms with Gasteiger partial charge < -0.3 is 23.6 Å². The van der Waals surface area contributed by atoms with Crippen molar-refractivity contribution in [1.82, 2.24) is 10.1 Å². The maximum atomic E-state index is 14.8. The molecule has 1 aromatic heterocycles. The Kier molecular flexibility index (Phi) is 8.28. The summed E-state index contributed by atoms with van der Waals surface area (Å²) < 4.78 is 49.3. The Morgan fingerprint density at radius 2 is 1.65 bits per heavy atom. The standard InChI is InChI=1S/C33H30F2N2O9/c1-43-31(42)32(14-4-5-15-37-16-12-20(13-17-37)27(38)19-8-10-21(34)11-9-19)28(39)25-24(18-33(32)44-29(40)30(41)45-33)46-36-26(25)22-6-2-3-7-23(22)35/h2-3,6-11,20H,4-5,12-18H2,1H3. The lowest BCUT2D eigenvalue weighted by molar-refractivity contribution is -0.230. The topological polar surface area (TPSA) is 142 Å². The summed E-state index contributed by atoms with van der Waals surface area (Å²) >= 11 is 0. The summed E-state index contributed by atoms with van der Waals surface area (Å²) in [6, 6.07) is 11.1. The third-order valence-corrected chi connectivity index (χ3v) is 9.13. The van der Waals surface area contributed by atoms with E-state index in [0.29, 0.717) is 44.5 Å². The zero-order valence-electron chi connectivity index (χ0n) is 24.9. The summed E-state index contributed by atoms with van der Waals surface area (Å²) in [4.78, 5) is 67.8. The second kappa shape index (κ2) is 12.2. The number of rotatable bonds is 9. The Morgan fingerprint density at radius 1 is 0.978 bits per heavy atom. The molecule has 2 saturated heterocycles. The van der Waals surface area contributed by atoms with Crippen molar-refractivity contribution in [3.05, 3.63) is 77.1 Å². The molecule has 2 aliphatic heterocycles. The van der Waals surface area contributed by atoms with E-state index >= 15 is 0 Å². The van der Waals surface area contributed by atoms with Gasteiger partial charge >= 0.3 is 17.9 Å². The van der Waals surface area contributed by atoms with Gasteiger partial charge in [-0.1, -0.05) is 23.7 Å². The summed E-state index contributed by atoms with van der Waals surface area (Å²) in [5.41, 5.74) is -2.22. The minimum absolute atomic E-state index is 0.0238. The number of nitrogens with zero attached hydrogens (tertiary/aromatic N) is 2. The molecule has 11 nitrogen and oxygen atoms in total. The molecule has 1 unspecified atom stereocenters. The van der Waals surface area contributed by atoms with Crippen molar-refractivity contribution in [2.24, 2.45) is 11.3 Å². The smallest absolute Gasteiger partial charge is 0.420 e. The highest BCUT2D eigenvalue weighted by Crippen LogP contribution is 2.53.